The van der Waals surface area contributed by atoms with Gasteiger partial charge in [0.15, 0.2) is 6.10 Å². The molecule has 184 valence electrons. The molecule has 0 spiro atoms. The third kappa shape index (κ3) is 4.90. The first-order valence-corrected chi connectivity index (χ1v) is 12.6. The number of benzene rings is 3. The van der Waals surface area contributed by atoms with Crippen molar-refractivity contribution in [1.29, 1.82) is 0 Å². The van der Waals surface area contributed by atoms with Crippen molar-refractivity contribution >= 4 is 21.6 Å². The highest BCUT2D eigenvalue weighted by molar-refractivity contribution is 7.92. The van der Waals surface area contributed by atoms with Crippen molar-refractivity contribution in [3.05, 3.63) is 77.9 Å². The van der Waals surface area contributed by atoms with E-state index in [0.717, 1.165) is 11.1 Å². The maximum absolute atomic E-state index is 13.5. The van der Waals surface area contributed by atoms with Gasteiger partial charge >= 0.3 is 0 Å². The molecule has 35 heavy (non-hydrogen) atoms. The van der Waals surface area contributed by atoms with E-state index in [1.54, 1.807) is 62.8 Å². The molecular formula is C26H28N2O6S. The first kappa shape index (κ1) is 24.4. The Morgan fingerprint density at radius 1 is 1.06 bits per heavy atom. The summed E-state index contributed by atoms with van der Waals surface area (Å²) in [6.45, 7) is 3.52. The van der Waals surface area contributed by atoms with Crippen LogP contribution in [0.2, 0.25) is 0 Å². The van der Waals surface area contributed by atoms with E-state index in [1.807, 2.05) is 19.9 Å². The first-order valence-electron chi connectivity index (χ1n) is 11.1. The number of anilines is 1. The van der Waals surface area contributed by atoms with Gasteiger partial charge in [0, 0.05) is 5.56 Å². The first-order chi connectivity index (χ1) is 16.7. The van der Waals surface area contributed by atoms with Gasteiger partial charge in [-0.05, 0) is 61.9 Å². The molecule has 4 rings (SSSR count). The number of amides is 1. The van der Waals surface area contributed by atoms with Crippen LogP contribution in [-0.2, 0) is 14.8 Å². The van der Waals surface area contributed by atoms with Crippen LogP contribution in [0.3, 0.4) is 0 Å². The number of aryl methyl sites for hydroxylation is 1. The number of carbonyl (C=O) groups excluding carboxylic acids is 1. The van der Waals surface area contributed by atoms with Gasteiger partial charge in [-0.2, -0.15) is 0 Å². The molecule has 0 fully saturated rings. The summed E-state index contributed by atoms with van der Waals surface area (Å²) in [5.74, 6) is 1.11. The molecule has 0 aliphatic carbocycles. The summed E-state index contributed by atoms with van der Waals surface area (Å²) in [6.07, 6.45) is -1.05. The molecule has 1 aliphatic rings. The highest BCUT2D eigenvalue weighted by Gasteiger charge is 2.38. The van der Waals surface area contributed by atoms with E-state index in [-0.39, 0.29) is 11.4 Å². The SMILES string of the molecule is COc1ccc(OC)c([C@H](C)NC(=O)[C@@H]2CN(S(=O)(=O)c3ccccc3)c3ccc(C)cc3O2)c1. The van der Waals surface area contributed by atoms with Gasteiger partial charge in [0.05, 0.1) is 37.4 Å². The van der Waals surface area contributed by atoms with Crippen molar-refractivity contribution in [3.63, 3.8) is 0 Å². The monoisotopic (exact) mass is 496 g/mol. The highest BCUT2D eigenvalue weighted by Crippen LogP contribution is 2.38. The molecule has 3 aromatic rings. The number of nitrogens with zero attached hydrogens (tertiary/aromatic N) is 1. The lowest BCUT2D eigenvalue weighted by atomic mass is 10.1. The van der Waals surface area contributed by atoms with Crippen LogP contribution in [-0.4, -0.2) is 41.2 Å². The van der Waals surface area contributed by atoms with Crippen molar-refractivity contribution < 1.29 is 27.4 Å². The molecule has 0 saturated heterocycles. The Hall–Kier alpha value is -3.72. The van der Waals surface area contributed by atoms with Crippen molar-refractivity contribution in [3.8, 4) is 17.2 Å². The highest BCUT2D eigenvalue weighted by atomic mass is 32.2. The summed E-state index contributed by atoms with van der Waals surface area (Å²) in [6, 6.07) is 18.3. The van der Waals surface area contributed by atoms with Crippen molar-refractivity contribution in [2.75, 3.05) is 25.1 Å². The van der Waals surface area contributed by atoms with Crippen LogP contribution in [0.4, 0.5) is 5.69 Å². The van der Waals surface area contributed by atoms with Crippen LogP contribution in [0.25, 0.3) is 0 Å². The Labute approximate surface area is 205 Å². The lowest BCUT2D eigenvalue weighted by Gasteiger charge is -2.35. The average molecular weight is 497 g/mol. The zero-order valence-electron chi connectivity index (χ0n) is 20.0. The molecule has 0 aromatic heterocycles. The number of rotatable bonds is 7. The summed E-state index contributed by atoms with van der Waals surface area (Å²) in [7, 11) is -0.806. The second kappa shape index (κ2) is 9.87. The van der Waals surface area contributed by atoms with E-state index in [2.05, 4.69) is 5.32 Å². The number of methoxy groups -OCH3 is 2. The van der Waals surface area contributed by atoms with Gasteiger partial charge in [0.2, 0.25) is 0 Å². The van der Waals surface area contributed by atoms with E-state index >= 15 is 0 Å². The maximum Gasteiger partial charge on any atom is 0.264 e. The number of carbonyl (C=O) groups is 1. The zero-order chi connectivity index (χ0) is 25.2. The third-order valence-electron chi connectivity index (χ3n) is 5.87. The van der Waals surface area contributed by atoms with Crippen molar-refractivity contribution in [2.24, 2.45) is 0 Å². The van der Waals surface area contributed by atoms with E-state index in [9.17, 15) is 13.2 Å². The average Bonchev–Trinajstić information content (AvgIpc) is 2.87. The van der Waals surface area contributed by atoms with Crippen LogP contribution in [0.1, 0.15) is 24.1 Å². The van der Waals surface area contributed by atoms with Crippen LogP contribution in [0.15, 0.2) is 71.6 Å². The smallest absolute Gasteiger partial charge is 0.264 e. The van der Waals surface area contributed by atoms with Crippen LogP contribution in [0.5, 0.6) is 17.2 Å². The molecule has 8 nitrogen and oxygen atoms in total. The van der Waals surface area contributed by atoms with Gasteiger partial charge in [-0.15, -0.1) is 0 Å². The van der Waals surface area contributed by atoms with Gasteiger partial charge in [0.1, 0.15) is 17.2 Å². The Balaban J connectivity index is 1.64. The summed E-state index contributed by atoms with van der Waals surface area (Å²) >= 11 is 0. The number of sulfonamides is 1. The van der Waals surface area contributed by atoms with E-state index in [0.29, 0.717) is 22.9 Å². The molecule has 0 radical (unpaired) electrons. The fraction of sp³-hybridized carbons (Fsp3) is 0.269. The molecule has 0 unspecified atom stereocenters. The van der Waals surface area contributed by atoms with Crippen LogP contribution < -0.4 is 23.8 Å². The molecule has 1 heterocycles. The quantitative estimate of drug-likeness (QED) is 0.534. The Morgan fingerprint density at radius 3 is 2.49 bits per heavy atom. The predicted octanol–water partition coefficient (Wildman–Crippen LogP) is 3.85. The normalized spacial score (nSPS) is 16.0. The van der Waals surface area contributed by atoms with E-state index in [1.165, 1.54) is 16.4 Å². The molecule has 9 heteroatoms. The molecule has 1 amide bonds. The molecule has 2 atom stereocenters. The van der Waals surface area contributed by atoms with Gasteiger partial charge in [-0.3, -0.25) is 9.10 Å². The number of nitrogens with one attached hydrogen (secondary N) is 1. The lowest BCUT2D eigenvalue weighted by molar-refractivity contribution is -0.128. The number of hydrogen-bond donors (Lipinski definition) is 1. The van der Waals surface area contributed by atoms with Gasteiger partial charge in [-0.25, -0.2) is 8.42 Å². The third-order valence-corrected chi connectivity index (χ3v) is 7.66. The fourth-order valence-corrected chi connectivity index (χ4v) is 5.50. The number of fused-ring (bicyclic) bond motifs is 1. The minimum atomic E-state index is -3.92. The summed E-state index contributed by atoms with van der Waals surface area (Å²) in [5, 5.41) is 2.93. The zero-order valence-corrected chi connectivity index (χ0v) is 20.8. The van der Waals surface area contributed by atoms with Crippen LogP contribution >= 0.6 is 0 Å². The minimum absolute atomic E-state index is 0.141. The van der Waals surface area contributed by atoms with E-state index < -0.39 is 28.1 Å². The minimum Gasteiger partial charge on any atom is -0.497 e. The van der Waals surface area contributed by atoms with Gasteiger partial charge in [-0.1, -0.05) is 24.3 Å². The second-order valence-corrected chi connectivity index (χ2v) is 10.1. The topological polar surface area (TPSA) is 94.2 Å². The second-order valence-electron chi connectivity index (χ2n) is 8.27. The molecule has 3 aromatic carbocycles. The molecule has 0 saturated carbocycles. The van der Waals surface area contributed by atoms with Crippen molar-refractivity contribution in [2.45, 2.75) is 30.9 Å². The van der Waals surface area contributed by atoms with Gasteiger partial charge < -0.3 is 19.5 Å². The summed E-state index contributed by atoms with van der Waals surface area (Å²) < 4.78 is 45.0. The Bertz CT molecular complexity index is 1330. The number of hydrogen-bond acceptors (Lipinski definition) is 6. The largest absolute Gasteiger partial charge is 0.497 e. The van der Waals surface area contributed by atoms with Crippen molar-refractivity contribution in [1.82, 2.24) is 5.32 Å². The molecule has 1 aliphatic heterocycles. The fourth-order valence-electron chi connectivity index (χ4n) is 4.01. The predicted molar refractivity (Wildman–Crippen MR) is 133 cm³/mol. The Kier molecular flexibility index (Phi) is 6.88. The Morgan fingerprint density at radius 2 is 1.80 bits per heavy atom. The maximum atomic E-state index is 13.5. The summed E-state index contributed by atoms with van der Waals surface area (Å²) in [4.78, 5) is 13.5. The van der Waals surface area contributed by atoms with E-state index in [4.69, 9.17) is 14.2 Å². The van der Waals surface area contributed by atoms with Crippen LogP contribution in [0, 0.1) is 6.92 Å². The lowest BCUT2D eigenvalue weighted by Crippen LogP contribution is -2.51. The summed E-state index contributed by atoms with van der Waals surface area (Å²) in [5.41, 5.74) is 2.00. The molecule has 0 bridgehead atoms. The standard InChI is InChI=1S/C26H28N2O6S/c1-17-10-12-22-24(14-17)34-25(16-28(22)35(30,31)20-8-6-5-7-9-20)26(29)27-18(2)21-15-19(32-3)11-13-23(21)33-4/h5-15,18,25H,16H2,1-4H3,(H,27,29)/t18-,25-/m0/s1. The van der Waals surface area contributed by atoms with Gasteiger partial charge in [0.25, 0.3) is 15.9 Å². The molecule has 1 N–H and O–H groups in total. The molecular weight excluding hydrogens is 468 g/mol. The number of ether oxygens (including phenoxy) is 3.